The van der Waals surface area contributed by atoms with Crippen molar-refractivity contribution in [2.45, 2.75) is 13.1 Å². The zero-order valence-electron chi connectivity index (χ0n) is 18.9. The van der Waals surface area contributed by atoms with Gasteiger partial charge in [0, 0.05) is 12.1 Å². The standard InChI is InChI=1S/C24H23N3O7/c1-31-16-7-4-6-15(10-16)27-23(29)18-11-20(32-2)21(33-3)12-19(18)26(24(27)30)14-22(28)25-13-17-8-5-9-34-17/h4-12H,13-14H2,1-3H3,(H,25,28). The lowest BCUT2D eigenvalue weighted by molar-refractivity contribution is -0.121. The van der Waals surface area contributed by atoms with E-state index in [1.54, 1.807) is 36.4 Å². The number of ether oxygens (including phenoxy) is 3. The Morgan fingerprint density at radius 3 is 2.41 bits per heavy atom. The molecule has 0 atom stereocenters. The van der Waals surface area contributed by atoms with E-state index in [1.165, 1.54) is 44.3 Å². The van der Waals surface area contributed by atoms with Crippen LogP contribution in [-0.2, 0) is 17.9 Å². The number of benzene rings is 2. The molecule has 10 heteroatoms. The first-order valence-electron chi connectivity index (χ1n) is 10.3. The van der Waals surface area contributed by atoms with Gasteiger partial charge >= 0.3 is 5.69 Å². The van der Waals surface area contributed by atoms with E-state index in [1.807, 2.05) is 0 Å². The molecule has 4 rings (SSSR count). The second-order valence-corrected chi connectivity index (χ2v) is 7.29. The smallest absolute Gasteiger partial charge is 0.336 e. The van der Waals surface area contributed by atoms with Crippen LogP contribution in [0.4, 0.5) is 0 Å². The summed E-state index contributed by atoms with van der Waals surface area (Å²) in [6.07, 6.45) is 1.50. The van der Waals surface area contributed by atoms with Crippen LogP contribution in [0, 0.1) is 0 Å². The molecule has 4 aromatic rings. The number of nitrogens with one attached hydrogen (secondary N) is 1. The monoisotopic (exact) mass is 465 g/mol. The van der Waals surface area contributed by atoms with E-state index in [-0.39, 0.29) is 24.0 Å². The maximum atomic E-state index is 13.5. The van der Waals surface area contributed by atoms with Crippen LogP contribution in [0.3, 0.4) is 0 Å². The Morgan fingerprint density at radius 2 is 1.74 bits per heavy atom. The first-order valence-corrected chi connectivity index (χ1v) is 10.3. The summed E-state index contributed by atoms with van der Waals surface area (Å²) in [5, 5.41) is 2.89. The van der Waals surface area contributed by atoms with Gasteiger partial charge in [-0.3, -0.25) is 14.2 Å². The van der Waals surface area contributed by atoms with Crippen LogP contribution in [0.15, 0.2) is 68.8 Å². The summed E-state index contributed by atoms with van der Waals surface area (Å²) in [4.78, 5) is 39.7. The van der Waals surface area contributed by atoms with Crippen molar-refractivity contribution < 1.29 is 23.4 Å². The number of aromatic nitrogens is 2. The summed E-state index contributed by atoms with van der Waals surface area (Å²) in [5.74, 6) is 1.23. The fourth-order valence-electron chi connectivity index (χ4n) is 3.62. The predicted octanol–water partition coefficient (Wildman–Crippen LogP) is 2.09. The molecule has 0 saturated carbocycles. The number of methoxy groups -OCH3 is 3. The van der Waals surface area contributed by atoms with Crippen molar-refractivity contribution in [3.63, 3.8) is 0 Å². The van der Waals surface area contributed by atoms with Gasteiger partial charge in [0.05, 0.1) is 50.7 Å². The van der Waals surface area contributed by atoms with E-state index in [0.29, 0.717) is 28.7 Å². The molecule has 0 radical (unpaired) electrons. The predicted molar refractivity (Wildman–Crippen MR) is 124 cm³/mol. The lowest BCUT2D eigenvalue weighted by Gasteiger charge is -2.16. The molecule has 34 heavy (non-hydrogen) atoms. The van der Waals surface area contributed by atoms with Crippen LogP contribution in [-0.4, -0.2) is 36.4 Å². The van der Waals surface area contributed by atoms with E-state index < -0.39 is 17.2 Å². The van der Waals surface area contributed by atoms with Gasteiger partial charge in [-0.2, -0.15) is 0 Å². The summed E-state index contributed by atoms with van der Waals surface area (Å²) >= 11 is 0. The Morgan fingerprint density at radius 1 is 0.971 bits per heavy atom. The van der Waals surface area contributed by atoms with E-state index >= 15 is 0 Å². The van der Waals surface area contributed by atoms with Crippen molar-refractivity contribution in [2.24, 2.45) is 0 Å². The van der Waals surface area contributed by atoms with Gasteiger partial charge in [0.25, 0.3) is 5.56 Å². The zero-order valence-corrected chi connectivity index (χ0v) is 18.9. The third-order valence-electron chi connectivity index (χ3n) is 5.30. The number of carbonyl (C=O) groups is 1. The molecule has 2 aromatic heterocycles. The van der Waals surface area contributed by atoms with Gasteiger partial charge in [0.2, 0.25) is 5.91 Å². The number of carbonyl (C=O) groups excluding carboxylic acids is 1. The fourth-order valence-corrected chi connectivity index (χ4v) is 3.62. The molecule has 176 valence electrons. The average Bonchev–Trinajstić information content (AvgIpc) is 3.38. The first-order chi connectivity index (χ1) is 16.5. The minimum absolute atomic E-state index is 0.158. The van der Waals surface area contributed by atoms with Crippen molar-refractivity contribution in [1.82, 2.24) is 14.5 Å². The highest BCUT2D eigenvalue weighted by Gasteiger charge is 2.20. The molecule has 2 heterocycles. The number of nitrogens with zero attached hydrogens (tertiary/aromatic N) is 2. The molecule has 1 amide bonds. The van der Waals surface area contributed by atoms with Gasteiger partial charge in [-0.25, -0.2) is 9.36 Å². The summed E-state index contributed by atoms with van der Waals surface area (Å²) < 4.78 is 23.4. The summed E-state index contributed by atoms with van der Waals surface area (Å²) in [6, 6.07) is 13.0. The minimum atomic E-state index is -0.689. The number of fused-ring (bicyclic) bond motifs is 1. The molecule has 1 N–H and O–H groups in total. The molecule has 0 aliphatic rings. The number of furan rings is 1. The molecule has 10 nitrogen and oxygen atoms in total. The molecule has 0 unspecified atom stereocenters. The van der Waals surface area contributed by atoms with Crippen molar-refractivity contribution in [1.29, 1.82) is 0 Å². The number of hydrogen-bond acceptors (Lipinski definition) is 7. The van der Waals surface area contributed by atoms with Crippen LogP contribution in [0.5, 0.6) is 17.2 Å². The van der Waals surface area contributed by atoms with Crippen LogP contribution < -0.4 is 30.8 Å². The van der Waals surface area contributed by atoms with Gasteiger partial charge < -0.3 is 23.9 Å². The molecular weight excluding hydrogens is 442 g/mol. The number of hydrogen-bond donors (Lipinski definition) is 1. The third kappa shape index (κ3) is 4.25. The lowest BCUT2D eigenvalue weighted by atomic mass is 10.2. The second-order valence-electron chi connectivity index (χ2n) is 7.29. The van der Waals surface area contributed by atoms with E-state index in [9.17, 15) is 14.4 Å². The Kier molecular flexibility index (Phi) is 6.39. The SMILES string of the molecule is COc1cccc(-n2c(=O)c3cc(OC)c(OC)cc3n(CC(=O)NCc3ccco3)c2=O)c1. The average molecular weight is 465 g/mol. The van der Waals surface area contributed by atoms with E-state index in [2.05, 4.69) is 5.32 Å². The maximum absolute atomic E-state index is 13.5. The van der Waals surface area contributed by atoms with Crippen LogP contribution >= 0.6 is 0 Å². The van der Waals surface area contributed by atoms with Crippen LogP contribution in [0.25, 0.3) is 16.6 Å². The Balaban J connectivity index is 1.89. The van der Waals surface area contributed by atoms with Crippen LogP contribution in [0.1, 0.15) is 5.76 Å². The zero-order chi connectivity index (χ0) is 24.2. The summed E-state index contributed by atoms with van der Waals surface area (Å²) in [7, 11) is 4.38. The Bertz CT molecular complexity index is 1450. The quantitative estimate of drug-likeness (QED) is 0.424. The van der Waals surface area contributed by atoms with Gasteiger partial charge in [-0.1, -0.05) is 6.07 Å². The van der Waals surface area contributed by atoms with Crippen molar-refractivity contribution in [2.75, 3.05) is 21.3 Å². The molecule has 0 spiro atoms. The molecule has 0 aliphatic carbocycles. The largest absolute Gasteiger partial charge is 0.497 e. The highest BCUT2D eigenvalue weighted by atomic mass is 16.5. The van der Waals surface area contributed by atoms with Crippen molar-refractivity contribution in [3.05, 3.63) is 81.4 Å². The van der Waals surface area contributed by atoms with Gasteiger partial charge in [-0.05, 0) is 30.3 Å². The lowest BCUT2D eigenvalue weighted by Crippen LogP contribution is -2.41. The fraction of sp³-hybridized carbons (Fsp3) is 0.208. The molecular formula is C24H23N3O7. The highest BCUT2D eigenvalue weighted by molar-refractivity contribution is 5.85. The Labute approximate surface area is 193 Å². The highest BCUT2D eigenvalue weighted by Crippen LogP contribution is 2.30. The number of rotatable bonds is 8. The summed E-state index contributed by atoms with van der Waals surface area (Å²) in [6.45, 7) is -0.180. The van der Waals surface area contributed by atoms with E-state index in [0.717, 1.165) is 4.57 Å². The molecule has 0 saturated heterocycles. The molecule has 0 fully saturated rings. The normalized spacial score (nSPS) is 10.8. The van der Waals surface area contributed by atoms with Gasteiger partial charge in [0.1, 0.15) is 18.1 Å². The minimum Gasteiger partial charge on any atom is -0.497 e. The molecule has 2 aromatic carbocycles. The van der Waals surface area contributed by atoms with Crippen molar-refractivity contribution >= 4 is 16.8 Å². The molecule has 0 bridgehead atoms. The maximum Gasteiger partial charge on any atom is 0.336 e. The summed E-state index contributed by atoms with van der Waals surface area (Å²) in [5.41, 5.74) is -0.719. The van der Waals surface area contributed by atoms with Gasteiger partial charge in [-0.15, -0.1) is 0 Å². The topological polar surface area (TPSA) is 114 Å². The first kappa shape index (κ1) is 22.7. The molecule has 0 aliphatic heterocycles. The third-order valence-corrected chi connectivity index (χ3v) is 5.30. The number of amides is 1. The van der Waals surface area contributed by atoms with Crippen LogP contribution in [0.2, 0.25) is 0 Å². The van der Waals surface area contributed by atoms with E-state index in [4.69, 9.17) is 18.6 Å². The second kappa shape index (κ2) is 9.57. The van der Waals surface area contributed by atoms with Gasteiger partial charge in [0.15, 0.2) is 11.5 Å². The van der Waals surface area contributed by atoms with Crippen molar-refractivity contribution in [3.8, 4) is 22.9 Å². The Hall–Kier alpha value is -4.47.